The maximum atomic E-state index is 11.8. The second-order valence-corrected chi connectivity index (χ2v) is 4.82. The number of hydrogen-bond acceptors (Lipinski definition) is 4. The first-order valence-corrected chi connectivity index (χ1v) is 6.29. The second-order valence-electron chi connectivity index (χ2n) is 3.84. The molecule has 0 radical (unpaired) electrons. The van der Waals surface area contributed by atoms with Crippen molar-refractivity contribution in [3.05, 3.63) is 35.4 Å². The van der Waals surface area contributed by atoms with Crippen molar-refractivity contribution in [2.45, 2.75) is 17.7 Å². The maximum Gasteiger partial charge on any atom is 0.320 e. The van der Waals surface area contributed by atoms with Gasteiger partial charge in [0.05, 0.1) is 14.2 Å². The standard InChI is InChI=1S/C13H15BrO4/c1-8-4-6-9(7-5-8)10(12(15)17-2)11(14)13(16)18-3/h4-7,10-11H,1-3H3/t10-,11-/m1/s1. The number of carbonyl (C=O) groups excluding carboxylic acids is 2. The topological polar surface area (TPSA) is 52.6 Å². The molecule has 1 rings (SSSR count). The number of halogens is 1. The summed E-state index contributed by atoms with van der Waals surface area (Å²) in [6, 6.07) is 7.35. The first kappa shape index (κ1) is 14.7. The van der Waals surface area contributed by atoms with Gasteiger partial charge < -0.3 is 9.47 Å². The van der Waals surface area contributed by atoms with E-state index in [-0.39, 0.29) is 0 Å². The monoisotopic (exact) mass is 314 g/mol. The Labute approximate surface area is 114 Å². The van der Waals surface area contributed by atoms with Gasteiger partial charge >= 0.3 is 11.9 Å². The largest absolute Gasteiger partial charge is 0.469 e. The Balaban J connectivity index is 3.09. The number of aryl methyl sites for hydroxylation is 1. The van der Waals surface area contributed by atoms with Crippen molar-refractivity contribution >= 4 is 27.9 Å². The highest BCUT2D eigenvalue weighted by Crippen LogP contribution is 2.27. The SMILES string of the molecule is COC(=O)[C@H](c1ccc(C)cc1)[C@@H](Br)C(=O)OC. The molecule has 0 aliphatic carbocycles. The highest BCUT2D eigenvalue weighted by atomic mass is 79.9. The minimum Gasteiger partial charge on any atom is -0.469 e. The molecule has 0 aromatic heterocycles. The van der Waals surface area contributed by atoms with E-state index in [9.17, 15) is 9.59 Å². The summed E-state index contributed by atoms with van der Waals surface area (Å²) in [5, 5.41) is 0. The average Bonchev–Trinajstić information content (AvgIpc) is 2.39. The van der Waals surface area contributed by atoms with Gasteiger partial charge in [0.15, 0.2) is 0 Å². The summed E-state index contributed by atoms with van der Waals surface area (Å²) in [5.74, 6) is -1.71. The van der Waals surface area contributed by atoms with Crippen LogP contribution >= 0.6 is 15.9 Å². The zero-order chi connectivity index (χ0) is 13.7. The van der Waals surface area contributed by atoms with E-state index in [0.29, 0.717) is 5.56 Å². The van der Waals surface area contributed by atoms with E-state index in [4.69, 9.17) is 4.74 Å². The van der Waals surface area contributed by atoms with Gasteiger partial charge in [-0.2, -0.15) is 0 Å². The molecule has 5 heteroatoms. The molecule has 18 heavy (non-hydrogen) atoms. The predicted octanol–water partition coefficient (Wildman–Crippen LogP) is 2.19. The zero-order valence-corrected chi connectivity index (χ0v) is 12.1. The van der Waals surface area contributed by atoms with Crippen LogP contribution in [-0.2, 0) is 19.1 Å². The number of carbonyl (C=O) groups is 2. The average molecular weight is 315 g/mol. The van der Waals surface area contributed by atoms with Crippen LogP contribution in [0.15, 0.2) is 24.3 Å². The van der Waals surface area contributed by atoms with Crippen molar-refractivity contribution in [2.75, 3.05) is 14.2 Å². The van der Waals surface area contributed by atoms with Crippen LogP contribution in [-0.4, -0.2) is 31.0 Å². The van der Waals surface area contributed by atoms with E-state index in [0.717, 1.165) is 5.56 Å². The van der Waals surface area contributed by atoms with Crippen LogP contribution in [0.5, 0.6) is 0 Å². The third-order valence-electron chi connectivity index (χ3n) is 2.61. The van der Waals surface area contributed by atoms with E-state index >= 15 is 0 Å². The van der Waals surface area contributed by atoms with Crippen LogP contribution in [0.2, 0.25) is 0 Å². The minimum atomic E-state index is -0.766. The van der Waals surface area contributed by atoms with Crippen LogP contribution in [0.25, 0.3) is 0 Å². The van der Waals surface area contributed by atoms with E-state index < -0.39 is 22.7 Å². The third-order valence-corrected chi connectivity index (χ3v) is 3.51. The summed E-state index contributed by atoms with van der Waals surface area (Å²) in [5.41, 5.74) is 1.78. The molecule has 1 aromatic carbocycles. The Morgan fingerprint density at radius 3 is 2.00 bits per heavy atom. The molecule has 0 N–H and O–H groups in total. The fourth-order valence-corrected chi connectivity index (χ4v) is 2.28. The van der Waals surface area contributed by atoms with Gasteiger partial charge in [0.2, 0.25) is 0 Å². The first-order chi connectivity index (χ1) is 8.51. The number of benzene rings is 1. The van der Waals surface area contributed by atoms with Crippen molar-refractivity contribution in [1.82, 2.24) is 0 Å². The summed E-state index contributed by atoms with van der Waals surface area (Å²) >= 11 is 3.19. The molecule has 0 aliphatic heterocycles. The highest BCUT2D eigenvalue weighted by Gasteiger charge is 2.34. The molecule has 0 saturated heterocycles. The van der Waals surface area contributed by atoms with Crippen molar-refractivity contribution in [2.24, 2.45) is 0 Å². The molecule has 0 aliphatic rings. The summed E-state index contributed by atoms with van der Waals surface area (Å²) in [6.07, 6.45) is 0. The van der Waals surface area contributed by atoms with Crippen LogP contribution in [0.4, 0.5) is 0 Å². The normalized spacial score (nSPS) is 13.6. The Morgan fingerprint density at radius 1 is 1.06 bits per heavy atom. The molecular weight excluding hydrogens is 300 g/mol. The second kappa shape index (κ2) is 6.54. The van der Waals surface area contributed by atoms with Gasteiger partial charge in [-0.1, -0.05) is 45.8 Å². The van der Waals surface area contributed by atoms with Gasteiger partial charge in [-0.25, -0.2) is 0 Å². The smallest absolute Gasteiger partial charge is 0.320 e. The number of hydrogen-bond donors (Lipinski definition) is 0. The summed E-state index contributed by atoms with van der Waals surface area (Å²) in [6.45, 7) is 1.95. The molecule has 2 atom stereocenters. The fraction of sp³-hybridized carbons (Fsp3) is 0.385. The van der Waals surface area contributed by atoms with Crippen LogP contribution in [0.3, 0.4) is 0 Å². The lowest BCUT2D eigenvalue weighted by atomic mass is 9.95. The summed E-state index contributed by atoms with van der Waals surface area (Å²) < 4.78 is 9.38. The molecule has 98 valence electrons. The Bertz CT molecular complexity index is 427. The lowest BCUT2D eigenvalue weighted by Crippen LogP contribution is -2.30. The van der Waals surface area contributed by atoms with E-state index in [1.807, 2.05) is 19.1 Å². The van der Waals surface area contributed by atoms with Gasteiger partial charge in [0.25, 0.3) is 0 Å². The molecule has 4 nitrogen and oxygen atoms in total. The highest BCUT2D eigenvalue weighted by molar-refractivity contribution is 9.10. The van der Waals surface area contributed by atoms with E-state index in [1.165, 1.54) is 14.2 Å². The predicted molar refractivity (Wildman–Crippen MR) is 70.7 cm³/mol. The minimum absolute atomic E-state index is 0.480. The van der Waals surface area contributed by atoms with Gasteiger partial charge in [0, 0.05) is 0 Å². The molecule has 0 heterocycles. The van der Waals surface area contributed by atoms with Crippen molar-refractivity contribution < 1.29 is 19.1 Å². The summed E-state index contributed by atoms with van der Waals surface area (Å²) in [7, 11) is 2.57. The fourth-order valence-electron chi connectivity index (χ4n) is 1.57. The lowest BCUT2D eigenvalue weighted by molar-refractivity contribution is -0.148. The van der Waals surface area contributed by atoms with Crippen molar-refractivity contribution in [3.8, 4) is 0 Å². The quantitative estimate of drug-likeness (QED) is 0.631. The Kier molecular flexibility index (Phi) is 5.34. The van der Waals surface area contributed by atoms with Gasteiger partial charge in [0.1, 0.15) is 10.7 Å². The van der Waals surface area contributed by atoms with Gasteiger partial charge in [-0.05, 0) is 12.5 Å². The van der Waals surface area contributed by atoms with Gasteiger partial charge in [-0.3, -0.25) is 9.59 Å². The Morgan fingerprint density at radius 2 is 1.56 bits per heavy atom. The van der Waals surface area contributed by atoms with Crippen LogP contribution in [0, 0.1) is 6.92 Å². The molecule has 0 bridgehead atoms. The number of methoxy groups -OCH3 is 2. The van der Waals surface area contributed by atoms with E-state index in [1.54, 1.807) is 12.1 Å². The third kappa shape index (κ3) is 3.32. The zero-order valence-electron chi connectivity index (χ0n) is 10.5. The molecule has 1 aromatic rings. The number of alkyl halides is 1. The lowest BCUT2D eigenvalue weighted by Gasteiger charge is -2.19. The van der Waals surface area contributed by atoms with Gasteiger partial charge in [-0.15, -0.1) is 0 Å². The number of rotatable bonds is 4. The van der Waals surface area contributed by atoms with Crippen molar-refractivity contribution in [1.29, 1.82) is 0 Å². The molecular formula is C13H15BrO4. The molecule has 0 spiro atoms. The molecule has 0 amide bonds. The summed E-state index contributed by atoms with van der Waals surface area (Å²) in [4.78, 5) is 22.6. The Hall–Kier alpha value is -1.36. The molecule has 0 saturated carbocycles. The number of ether oxygens (including phenoxy) is 2. The molecule has 0 unspecified atom stereocenters. The van der Waals surface area contributed by atoms with E-state index in [2.05, 4.69) is 20.7 Å². The first-order valence-electron chi connectivity index (χ1n) is 5.37. The van der Waals surface area contributed by atoms with Crippen LogP contribution in [0.1, 0.15) is 17.0 Å². The van der Waals surface area contributed by atoms with Crippen LogP contribution < -0.4 is 0 Å². The van der Waals surface area contributed by atoms with Crippen molar-refractivity contribution in [3.63, 3.8) is 0 Å². The maximum absolute atomic E-state index is 11.8. The molecule has 0 fully saturated rings. The number of esters is 2.